The Hall–Kier alpha value is -0.510. The number of halogens is 3. The first-order chi connectivity index (χ1) is 9.17. The molecule has 1 saturated heterocycles. The van der Waals surface area contributed by atoms with E-state index in [1.54, 1.807) is 12.1 Å². The van der Waals surface area contributed by atoms with Crippen LogP contribution in [0.1, 0.15) is 30.5 Å². The molecule has 4 nitrogen and oxygen atoms in total. The topological polar surface area (TPSA) is 59.3 Å². The molecule has 1 aliphatic rings. The Labute approximate surface area is 146 Å². The number of aromatic hydroxyl groups is 1. The van der Waals surface area contributed by atoms with Gasteiger partial charge in [-0.25, -0.2) is 0 Å². The maximum absolute atomic E-state index is 10.3. The van der Waals surface area contributed by atoms with E-state index < -0.39 is 0 Å². The van der Waals surface area contributed by atoms with Crippen LogP contribution in [0.3, 0.4) is 0 Å². The molecule has 1 heterocycles. The number of phenolic OH excluding ortho intramolecular Hbond substituents is 1. The zero-order valence-corrected chi connectivity index (χ0v) is 15.0. The zero-order valence-electron chi connectivity index (χ0n) is 11.8. The van der Waals surface area contributed by atoms with Gasteiger partial charge in [-0.2, -0.15) is 5.26 Å². The summed E-state index contributed by atoms with van der Waals surface area (Å²) in [6.07, 6.45) is 0.912. The van der Waals surface area contributed by atoms with Crippen molar-refractivity contribution in [3.63, 3.8) is 0 Å². The van der Waals surface area contributed by atoms with E-state index in [2.05, 4.69) is 39.1 Å². The molecule has 1 aromatic rings. The monoisotopic (exact) mass is 395 g/mol. The Morgan fingerprint density at radius 2 is 2.00 bits per heavy atom. The molecule has 0 aliphatic carbocycles. The molecule has 2 N–H and O–H groups in total. The van der Waals surface area contributed by atoms with E-state index in [9.17, 15) is 5.11 Å². The normalized spacial score (nSPS) is 16.2. The van der Waals surface area contributed by atoms with E-state index in [1.807, 2.05) is 0 Å². The standard InChI is InChI=1S/C14H18BrN3O.2ClH/c1-2-13(18-5-3-17-4-6-18)11-7-10(9-16)8-12(15)14(11)19;;/h7-8,13,17,19H,2-6H2,1H3;2*1H/t13-;;/m0../s1. The molecular weight excluding hydrogens is 377 g/mol. The lowest BCUT2D eigenvalue weighted by molar-refractivity contribution is 0.166. The van der Waals surface area contributed by atoms with Gasteiger partial charge in [-0.05, 0) is 34.5 Å². The summed E-state index contributed by atoms with van der Waals surface area (Å²) in [6, 6.07) is 5.76. The fourth-order valence-corrected chi connectivity index (χ4v) is 3.08. The minimum absolute atomic E-state index is 0. The van der Waals surface area contributed by atoms with Gasteiger partial charge >= 0.3 is 0 Å². The summed E-state index contributed by atoms with van der Waals surface area (Å²) in [4.78, 5) is 2.36. The van der Waals surface area contributed by atoms with Gasteiger partial charge in [0.15, 0.2) is 0 Å². The average molecular weight is 397 g/mol. The van der Waals surface area contributed by atoms with Crippen molar-refractivity contribution in [3.8, 4) is 11.8 Å². The third-order valence-corrected chi connectivity index (χ3v) is 4.16. The largest absolute Gasteiger partial charge is 0.506 e. The molecule has 2 rings (SSSR count). The number of nitrogens with zero attached hydrogens (tertiary/aromatic N) is 2. The summed E-state index contributed by atoms with van der Waals surface area (Å²) >= 11 is 3.33. The van der Waals surface area contributed by atoms with Crippen molar-refractivity contribution >= 4 is 40.7 Å². The van der Waals surface area contributed by atoms with Crippen LogP contribution in [0.4, 0.5) is 0 Å². The van der Waals surface area contributed by atoms with Crippen LogP contribution in [0.5, 0.6) is 5.75 Å². The van der Waals surface area contributed by atoms with E-state index in [1.165, 1.54) is 0 Å². The summed E-state index contributed by atoms with van der Waals surface area (Å²) in [7, 11) is 0. The van der Waals surface area contributed by atoms with Crippen molar-refractivity contribution < 1.29 is 5.11 Å². The molecule has 1 fully saturated rings. The summed E-state index contributed by atoms with van der Waals surface area (Å²) in [5, 5.41) is 22.6. The number of benzene rings is 1. The third-order valence-electron chi connectivity index (χ3n) is 3.56. The molecule has 0 radical (unpaired) electrons. The summed E-state index contributed by atoms with van der Waals surface area (Å²) in [5.74, 6) is 0.254. The van der Waals surface area contributed by atoms with Crippen molar-refractivity contribution in [2.75, 3.05) is 26.2 Å². The first kappa shape index (κ1) is 20.5. The van der Waals surface area contributed by atoms with Gasteiger partial charge in [-0.3, -0.25) is 4.90 Å². The molecule has 21 heavy (non-hydrogen) atoms. The lowest BCUT2D eigenvalue weighted by Gasteiger charge is -2.35. The molecule has 0 spiro atoms. The van der Waals surface area contributed by atoms with Crippen LogP contribution in [0.2, 0.25) is 0 Å². The molecule has 7 heteroatoms. The van der Waals surface area contributed by atoms with Gasteiger partial charge in [-0.15, -0.1) is 24.8 Å². The molecule has 0 aromatic heterocycles. The minimum Gasteiger partial charge on any atom is -0.506 e. The van der Waals surface area contributed by atoms with Crippen molar-refractivity contribution in [3.05, 3.63) is 27.7 Å². The van der Waals surface area contributed by atoms with Crippen LogP contribution in [0.25, 0.3) is 0 Å². The lowest BCUT2D eigenvalue weighted by atomic mass is 9.99. The molecule has 1 aliphatic heterocycles. The second kappa shape index (κ2) is 9.50. The summed E-state index contributed by atoms with van der Waals surface area (Å²) < 4.78 is 0.593. The minimum atomic E-state index is 0. The van der Waals surface area contributed by atoms with Crippen LogP contribution >= 0.6 is 40.7 Å². The maximum atomic E-state index is 10.3. The van der Waals surface area contributed by atoms with Gasteiger partial charge in [0.25, 0.3) is 0 Å². The Bertz CT molecular complexity index is 502. The third kappa shape index (κ3) is 4.73. The SMILES string of the molecule is CC[C@@H](c1cc(C#N)cc(Br)c1O)N1CCNCC1.Cl.Cl. The maximum Gasteiger partial charge on any atom is 0.134 e. The molecular formula is C14H20BrCl2N3O. The highest BCUT2D eigenvalue weighted by molar-refractivity contribution is 9.10. The van der Waals surface area contributed by atoms with Crippen LogP contribution < -0.4 is 5.32 Å². The van der Waals surface area contributed by atoms with Gasteiger partial charge in [0.2, 0.25) is 0 Å². The van der Waals surface area contributed by atoms with Gasteiger partial charge < -0.3 is 10.4 Å². The predicted octanol–water partition coefficient (Wildman–Crippen LogP) is 3.23. The first-order valence-corrected chi connectivity index (χ1v) is 7.34. The predicted molar refractivity (Wildman–Crippen MR) is 92.5 cm³/mol. The lowest BCUT2D eigenvalue weighted by Crippen LogP contribution is -2.45. The smallest absolute Gasteiger partial charge is 0.134 e. The van der Waals surface area contributed by atoms with Gasteiger partial charge in [-0.1, -0.05) is 6.92 Å². The van der Waals surface area contributed by atoms with E-state index in [4.69, 9.17) is 5.26 Å². The molecule has 0 unspecified atom stereocenters. The number of rotatable bonds is 3. The number of hydrogen-bond donors (Lipinski definition) is 2. The molecule has 0 saturated carbocycles. The second-order valence-electron chi connectivity index (χ2n) is 4.72. The summed E-state index contributed by atoms with van der Waals surface area (Å²) in [5.41, 5.74) is 1.42. The van der Waals surface area contributed by atoms with E-state index in [0.717, 1.165) is 38.2 Å². The van der Waals surface area contributed by atoms with Crippen molar-refractivity contribution in [2.24, 2.45) is 0 Å². The highest BCUT2D eigenvalue weighted by Gasteiger charge is 2.24. The number of piperazine rings is 1. The quantitative estimate of drug-likeness (QED) is 0.823. The van der Waals surface area contributed by atoms with Crippen molar-refractivity contribution in [1.82, 2.24) is 10.2 Å². The van der Waals surface area contributed by atoms with Crippen LogP contribution in [0.15, 0.2) is 16.6 Å². The van der Waals surface area contributed by atoms with Crippen molar-refractivity contribution in [1.29, 1.82) is 5.26 Å². The van der Waals surface area contributed by atoms with Gasteiger partial charge in [0.05, 0.1) is 16.1 Å². The highest BCUT2D eigenvalue weighted by atomic mass is 79.9. The van der Waals surface area contributed by atoms with Crippen LogP contribution in [-0.2, 0) is 0 Å². The number of phenols is 1. The second-order valence-corrected chi connectivity index (χ2v) is 5.57. The Morgan fingerprint density at radius 3 is 2.52 bits per heavy atom. The Balaban J connectivity index is 0.00000200. The van der Waals surface area contributed by atoms with E-state index in [-0.39, 0.29) is 36.6 Å². The molecule has 0 bridgehead atoms. The van der Waals surface area contributed by atoms with E-state index >= 15 is 0 Å². The Kier molecular flexibility index (Phi) is 9.26. The van der Waals surface area contributed by atoms with E-state index in [0.29, 0.717) is 10.0 Å². The first-order valence-electron chi connectivity index (χ1n) is 6.54. The number of nitriles is 1. The van der Waals surface area contributed by atoms with Crippen LogP contribution in [-0.4, -0.2) is 36.2 Å². The van der Waals surface area contributed by atoms with Crippen LogP contribution in [0, 0.1) is 11.3 Å². The number of nitrogens with one attached hydrogen (secondary N) is 1. The Morgan fingerprint density at radius 1 is 1.38 bits per heavy atom. The highest BCUT2D eigenvalue weighted by Crippen LogP contribution is 2.37. The fourth-order valence-electron chi connectivity index (χ4n) is 2.61. The number of hydrogen-bond acceptors (Lipinski definition) is 4. The van der Waals surface area contributed by atoms with Gasteiger partial charge in [0, 0.05) is 37.8 Å². The summed E-state index contributed by atoms with van der Waals surface area (Å²) in [6.45, 7) is 5.98. The molecule has 118 valence electrons. The van der Waals surface area contributed by atoms with Gasteiger partial charge in [0.1, 0.15) is 5.75 Å². The zero-order chi connectivity index (χ0) is 13.8. The molecule has 1 atom stereocenters. The average Bonchev–Trinajstić information content (AvgIpc) is 2.45. The fraction of sp³-hybridized carbons (Fsp3) is 0.500. The molecule has 0 amide bonds. The van der Waals surface area contributed by atoms with Crippen molar-refractivity contribution in [2.45, 2.75) is 19.4 Å². The molecule has 1 aromatic carbocycles.